The van der Waals surface area contributed by atoms with E-state index in [1.807, 2.05) is 24.3 Å². The van der Waals surface area contributed by atoms with Crippen molar-refractivity contribution in [3.05, 3.63) is 36.0 Å². The molecule has 3 N–H and O–H groups in total. The van der Waals surface area contributed by atoms with E-state index in [2.05, 4.69) is 33.8 Å². The molecule has 3 aliphatic rings. The predicted molar refractivity (Wildman–Crippen MR) is 120 cm³/mol. The Kier molecular flexibility index (Phi) is 5.74. The van der Waals surface area contributed by atoms with Gasteiger partial charge in [0.05, 0.1) is 24.9 Å². The number of carbonyl (C=O) groups excluding carboxylic acids is 1. The summed E-state index contributed by atoms with van der Waals surface area (Å²) in [5, 5.41) is 9.38. The van der Waals surface area contributed by atoms with Crippen molar-refractivity contribution in [2.24, 2.45) is 0 Å². The molecule has 0 bridgehead atoms. The van der Waals surface area contributed by atoms with Crippen LogP contribution in [0.2, 0.25) is 0 Å². The van der Waals surface area contributed by atoms with Crippen LogP contribution in [0.25, 0.3) is 11.4 Å². The number of aromatic nitrogens is 2. The zero-order valence-electron chi connectivity index (χ0n) is 17.9. The van der Waals surface area contributed by atoms with Gasteiger partial charge >= 0.3 is 6.03 Å². The van der Waals surface area contributed by atoms with Crippen LogP contribution in [0.15, 0.2) is 30.3 Å². The average molecular weight is 423 g/mol. The quantitative estimate of drug-likeness (QED) is 0.636. The lowest BCUT2D eigenvalue weighted by molar-refractivity contribution is 0.0985. The molecular weight excluding hydrogens is 392 g/mol. The molecule has 1 atom stereocenters. The van der Waals surface area contributed by atoms with Gasteiger partial charge in [0.15, 0.2) is 5.82 Å². The molecule has 1 aromatic carbocycles. The van der Waals surface area contributed by atoms with Crippen molar-refractivity contribution >= 4 is 17.5 Å². The smallest absolute Gasteiger partial charge is 0.319 e. The molecule has 5 rings (SSSR count). The lowest BCUT2D eigenvalue weighted by Gasteiger charge is -2.34. The van der Waals surface area contributed by atoms with Crippen LogP contribution in [0.5, 0.6) is 0 Å². The summed E-state index contributed by atoms with van der Waals surface area (Å²) in [6.45, 7) is 5.15. The maximum absolute atomic E-state index is 12.0. The van der Waals surface area contributed by atoms with Crippen molar-refractivity contribution in [3.8, 4) is 11.4 Å². The molecule has 0 unspecified atom stereocenters. The number of hydrogen-bond acceptors (Lipinski definition) is 6. The summed E-state index contributed by atoms with van der Waals surface area (Å²) >= 11 is 0. The third kappa shape index (κ3) is 5.32. The van der Waals surface area contributed by atoms with E-state index in [1.165, 1.54) is 12.8 Å². The first-order valence-electron chi connectivity index (χ1n) is 11.3. The van der Waals surface area contributed by atoms with Crippen molar-refractivity contribution in [3.63, 3.8) is 0 Å². The Labute approximate surface area is 182 Å². The fourth-order valence-corrected chi connectivity index (χ4v) is 3.74. The van der Waals surface area contributed by atoms with E-state index in [1.54, 1.807) is 0 Å². The molecule has 2 aromatic rings. The van der Waals surface area contributed by atoms with Gasteiger partial charge in [0.2, 0.25) is 0 Å². The van der Waals surface area contributed by atoms with E-state index in [0.717, 1.165) is 48.7 Å². The third-order valence-corrected chi connectivity index (χ3v) is 5.89. The Bertz CT molecular complexity index is 926. The number of benzene rings is 1. The Balaban J connectivity index is 1.36. The second-order valence-corrected chi connectivity index (χ2v) is 8.76. The largest absolute Gasteiger partial charge is 0.377 e. The normalized spacial score (nSPS) is 21.1. The molecule has 8 heteroatoms. The number of nitrogens with one attached hydrogen (secondary N) is 3. The zero-order chi connectivity index (χ0) is 21.2. The van der Waals surface area contributed by atoms with E-state index in [0.29, 0.717) is 31.1 Å². The van der Waals surface area contributed by atoms with Gasteiger partial charge in [0.1, 0.15) is 5.82 Å². The standard InChI is InChI=1S/C23H30N6O2/c1-15-14-31-11-10-29(15)21-12-20(13-24-17-6-7-17)25-22(28-21)16-2-4-18(5-3-16)26-23(30)27-19-8-9-19/h2-5,12,15,17,19,24H,6-11,13-14H2,1H3,(H2,26,27,30)/t15-/m0/s1. The highest BCUT2D eigenvalue weighted by Gasteiger charge is 2.24. The molecule has 31 heavy (non-hydrogen) atoms. The monoisotopic (exact) mass is 422 g/mol. The topological polar surface area (TPSA) is 91.4 Å². The van der Waals surface area contributed by atoms with Gasteiger partial charge < -0.3 is 25.6 Å². The van der Waals surface area contributed by atoms with Gasteiger partial charge in [-0.3, -0.25) is 0 Å². The van der Waals surface area contributed by atoms with Crippen LogP contribution in [0, 0.1) is 0 Å². The molecule has 2 saturated carbocycles. The summed E-state index contributed by atoms with van der Waals surface area (Å²) in [7, 11) is 0. The number of anilines is 2. The number of amides is 2. The summed E-state index contributed by atoms with van der Waals surface area (Å²) in [4.78, 5) is 24.0. The molecule has 0 radical (unpaired) electrons. The van der Waals surface area contributed by atoms with Crippen LogP contribution in [0.3, 0.4) is 0 Å². The summed E-state index contributed by atoms with van der Waals surface area (Å²) < 4.78 is 5.60. The van der Waals surface area contributed by atoms with Crippen molar-refractivity contribution in [1.82, 2.24) is 20.6 Å². The first-order chi connectivity index (χ1) is 15.1. The minimum Gasteiger partial charge on any atom is -0.377 e. The van der Waals surface area contributed by atoms with Crippen LogP contribution in [0.1, 0.15) is 38.3 Å². The summed E-state index contributed by atoms with van der Waals surface area (Å²) in [5.41, 5.74) is 2.69. The van der Waals surface area contributed by atoms with Crippen molar-refractivity contribution in [2.75, 3.05) is 30.0 Å². The first-order valence-corrected chi connectivity index (χ1v) is 11.3. The molecule has 164 valence electrons. The number of urea groups is 1. The van der Waals surface area contributed by atoms with E-state index in [9.17, 15) is 4.79 Å². The van der Waals surface area contributed by atoms with Gasteiger partial charge in [-0.15, -0.1) is 0 Å². The molecule has 2 heterocycles. The minimum atomic E-state index is -0.150. The van der Waals surface area contributed by atoms with Gasteiger partial charge in [-0.05, 0) is 56.9 Å². The molecule has 1 aromatic heterocycles. The second-order valence-electron chi connectivity index (χ2n) is 8.76. The second kappa shape index (κ2) is 8.80. The maximum Gasteiger partial charge on any atom is 0.319 e. The number of carbonyl (C=O) groups is 1. The molecule has 2 amide bonds. The van der Waals surface area contributed by atoms with Crippen LogP contribution in [0.4, 0.5) is 16.3 Å². The number of ether oxygens (including phenoxy) is 1. The van der Waals surface area contributed by atoms with Crippen LogP contribution in [-0.2, 0) is 11.3 Å². The summed E-state index contributed by atoms with van der Waals surface area (Å²) in [6.07, 6.45) is 4.63. The summed E-state index contributed by atoms with van der Waals surface area (Å²) in [5.74, 6) is 1.65. The molecule has 1 saturated heterocycles. The van der Waals surface area contributed by atoms with Gasteiger partial charge in [0, 0.05) is 42.5 Å². The van der Waals surface area contributed by atoms with Crippen molar-refractivity contribution in [1.29, 1.82) is 0 Å². The molecule has 1 aliphatic heterocycles. The first kappa shape index (κ1) is 20.2. The van der Waals surface area contributed by atoms with Crippen molar-refractivity contribution in [2.45, 2.75) is 57.3 Å². The summed E-state index contributed by atoms with van der Waals surface area (Å²) in [6, 6.07) is 10.9. The lowest BCUT2D eigenvalue weighted by Crippen LogP contribution is -2.44. The molecule has 3 fully saturated rings. The van der Waals surface area contributed by atoms with E-state index >= 15 is 0 Å². The van der Waals surface area contributed by atoms with Crippen molar-refractivity contribution < 1.29 is 9.53 Å². The molecular formula is C23H30N6O2. The number of hydrogen-bond donors (Lipinski definition) is 3. The molecule has 8 nitrogen and oxygen atoms in total. The maximum atomic E-state index is 12.0. The average Bonchev–Trinajstić information content (AvgIpc) is 3.69. The van der Waals surface area contributed by atoms with Crippen LogP contribution < -0.4 is 20.9 Å². The molecule has 0 spiro atoms. The third-order valence-electron chi connectivity index (χ3n) is 5.89. The minimum absolute atomic E-state index is 0.150. The highest BCUT2D eigenvalue weighted by molar-refractivity contribution is 5.89. The van der Waals surface area contributed by atoms with Gasteiger partial charge in [-0.2, -0.15) is 0 Å². The molecule has 2 aliphatic carbocycles. The van der Waals surface area contributed by atoms with E-state index < -0.39 is 0 Å². The Morgan fingerprint density at radius 2 is 1.90 bits per heavy atom. The fraction of sp³-hybridized carbons (Fsp3) is 0.522. The van der Waals surface area contributed by atoms with Gasteiger partial charge in [-0.1, -0.05) is 0 Å². The fourth-order valence-electron chi connectivity index (χ4n) is 3.74. The predicted octanol–water partition coefficient (Wildman–Crippen LogP) is 2.90. The zero-order valence-corrected chi connectivity index (χ0v) is 17.9. The Morgan fingerprint density at radius 1 is 1.13 bits per heavy atom. The van der Waals surface area contributed by atoms with Gasteiger partial charge in [0.25, 0.3) is 0 Å². The Hall–Kier alpha value is -2.71. The lowest BCUT2D eigenvalue weighted by atomic mass is 10.1. The highest BCUT2D eigenvalue weighted by Crippen LogP contribution is 2.25. The van der Waals surface area contributed by atoms with E-state index in [4.69, 9.17) is 14.7 Å². The highest BCUT2D eigenvalue weighted by atomic mass is 16.5. The number of morpholine rings is 1. The van der Waals surface area contributed by atoms with Gasteiger partial charge in [-0.25, -0.2) is 14.8 Å². The van der Waals surface area contributed by atoms with Crippen LogP contribution in [-0.4, -0.2) is 53.9 Å². The van der Waals surface area contributed by atoms with Crippen LogP contribution >= 0.6 is 0 Å². The van der Waals surface area contributed by atoms with E-state index in [-0.39, 0.29) is 12.1 Å². The Morgan fingerprint density at radius 3 is 2.61 bits per heavy atom. The number of rotatable bonds is 7. The number of nitrogens with zero attached hydrogens (tertiary/aromatic N) is 3. The SMILES string of the molecule is C[C@H]1COCCN1c1cc(CNC2CC2)nc(-c2ccc(NC(=O)NC3CC3)cc2)n1.